The first-order valence-corrected chi connectivity index (χ1v) is 7.28. The standard InChI is InChI=1S/C10H10F3N5OS2/c1-9(2,5-14-3-4-20-5)16-7(19)15-8-18-17-6(21-8)10(11,12)13/h3-4H,1-2H3,(H2,15,16,18,19). The van der Waals surface area contributed by atoms with Gasteiger partial charge >= 0.3 is 12.2 Å². The number of rotatable bonds is 3. The quantitative estimate of drug-likeness (QED) is 0.902. The highest BCUT2D eigenvalue weighted by molar-refractivity contribution is 7.15. The van der Waals surface area contributed by atoms with E-state index in [1.165, 1.54) is 11.3 Å². The molecular weight excluding hydrogens is 327 g/mol. The number of hydrogen-bond donors (Lipinski definition) is 2. The average molecular weight is 337 g/mol. The van der Waals surface area contributed by atoms with Gasteiger partial charge in [-0.15, -0.1) is 21.5 Å². The van der Waals surface area contributed by atoms with Crippen LogP contribution in [0, 0.1) is 0 Å². The highest BCUT2D eigenvalue weighted by Gasteiger charge is 2.36. The van der Waals surface area contributed by atoms with Gasteiger partial charge in [0.05, 0.1) is 5.54 Å². The monoisotopic (exact) mass is 337 g/mol. The molecule has 0 aromatic carbocycles. The molecule has 0 fully saturated rings. The smallest absolute Gasteiger partial charge is 0.326 e. The molecular formula is C10H10F3N5OS2. The number of halogens is 3. The minimum Gasteiger partial charge on any atom is -0.326 e. The van der Waals surface area contributed by atoms with Crippen LogP contribution in [-0.2, 0) is 11.7 Å². The SMILES string of the molecule is CC(C)(NC(=O)Nc1nnc(C(F)(F)F)s1)c1nccs1. The fourth-order valence-corrected chi connectivity index (χ4v) is 2.71. The second-order valence-corrected chi connectivity index (χ2v) is 6.32. The highest BCUT2D eigenvalue weighted by Crippen LogP contribution is 2.33. The summed E-state index contributed by atoms with van der Waals surface area (Å²) in [6, 6.07) is -0.680. The lowest BCUT2D eigenvalue weighted by atomic mass is 10.1. The number of alkyl halides is 3. The molecule has 2 heterocycles. The molecule has 0 aliphatic heterocycles. The van der Waals surface area contributed by atoms with Crippen LogP contribution in [0.15, 0.2) is 11.6 Å². The van der Waals surface area contributed by atoms with Gasteiger partial charge < -0.3 is 5.32 Å². The van der Waals surface area contributed by atoms with Crippen molar-refractivity contribution >= 4 is 33.8 Å². The van der Waals surface area contributed by atoms with Crippen LogP contribution in [0.25, 0.3) is 0 Å². The minimum absolute atomic E-state index is 0.227. The van der Waals surface area contributed by atoms with Crippen molar-refractivity contribution in [1.82, 2.24) is 20.5 Å². The third kappa shape index (κ3) is 3.88. The van der Waals surface area contributed by atoms with Crippen LogP contribution < -0.4 is 10.6 Å². The molecule has 6 nitrogen and oxygen atoms in total. The second kappa shape index (κ2) is 5.56. The van der Waals surface area contributed by atoms with E-state index in [2.05, 4.69) is 25.8 Å². The number of carbonyl (C=O) groups is 1. The van der Waals surface area contributed by atoms with Gasteiger partial charge in [-0.3, -0.25) is 5.32 Å². The number of anilines is 1. The first-order chi connectivity index (χ1) is 9.68. The van der Waals surface area contributed by atoms with Crippen molar-refractivity contribution in [2.45, 2.75) is 25.6 Å². The zero-order valence-corrected chi connectivity index (χ0v) is 12.5. The number of nitrogens with zero attached hydrogens (tertiary/aromatic N) is 3. The zero-order chi connectivity index (χ0) is 15.7. The molecule has 11 heteroatoms. The molecule has 114 valence electrons. The van der Waals surface area contributed by atoms with Gasteiger partial charge in [0.2, 0.25) is 10.1 Å². The van der Waals surface area contributed by atoms with Gasteiger partial charge in [0.25, 0.3) is 0 Å². The summed E-state index contributed by atoms with van der Waals surface area (Å²) < 4.78 is 37.1. The third-order valence-corrected chi connectivity index (χ3v) is 4.26. The molecule has 21 heavy (non-hydrogen) atoms. The Labute approximate surface area is 125 Å². The number of hydrogen-bond acceptors (Lipinski definition) is 6. The minimum atomic E-state index is -4.58. The van der Waals surface area contributed by atoms with Crippen LogP contribution >= 0.6 is 22.7 Å². The van der Waals surface area contributed by atoms with E-state index in [0.717, 1.165) is 0 Å². The first-order valence-electron chi connectivity index (χ1n) is 5.58. The van der Waals surface area contributed by atoms with Crippen LogP contribution in [0.4, 0.5) is 23.1 Å². The van der Waals surface area contributed by atoms with Crippen LogP contribution in [0.5, 0.6) is 0 Å². The van der Waals surface area contributed by atoms with Gasteiger partial charge in [-0.25, -0.2) is 9.78 Å². The molecule has 0 saturated heterocycles. The van der Waals surface area contributed by atoms with Crippen molar-refractivity contribution in [3.05, 3.63) is 21.6 Å². The number of nitrogens with one attached hydrogen (secondary N) is 2. The molecule has 0 spiro atoms. The maximum Gasteiger partial charge on any atom is 0.445 e. The molecule has 0 atom stereocenters. The van der Waals surface area contributed by atoms with Gasteiger partial charge in [-0.05, 0) is 13.8 Å². The van der Waals surface area contributed by atoms with Gasteiger partial charge in [0.15, 0.2) is 0 Å². The lowest BCUT2D eigenvalue weighted by molar-refractivity contribution is -0.138. The maximum atomic E-state index is 12.4. The van der Waals surface area contributed by atoms with Crippen molar-refractivity contribution in [2.75, 3.05) is 5.32 Å². The second-order valence-electron chi connectivity index (χ2n) is 4.45. The normalized spacial score (nSPS) is 12.2. The van der Waals surface area contributed by atoms with Gasteiger partial charge in [-0.1, -0.05) is 11.3 Å². The Kier molecular flexibility index (Phi) is 4.14. The summed E-state index contributed by atoms with van der Waals surface area (Å²) >= 11 is 1.62. The molecule has 0 radical (unpaired) electrons. The van der Waals surface area contributed by atoms with E-state index in [1.807, 2.05) is 0 Å². The van der Waals surface area contributed by atoms with E-state index in [4.69, 9.17) is 0 Å². The summed E-state index contributed by atoms with van der Waals surface area (Å²) in [6.45, 7) is 3.46. The summed E-state index contributed by atoms with van der Waals surface area (Å²) in [5.41, 5.74) is -0.754. The maximum absolute atomic E-state index is 12.4. The summed E-state index contributed by atoms with van der Waals surface area (Å²) in [7, 11) is 0. The Morgan fingerprint density at radius 3 is 2.48 bits per heavy atom. The van der Waals surface area contributed by atoms with Crippen LogP contribution in [0.3, 0.4) is 0 Å². The van der Waals surface area contributed by atoms with Crippen molar-refractivity contribution in [3.63, 3.8) is 0 Å². The third-order valence-electron chi connectivity index (χ3n) is 2.28. The Hall–Kier alpha value is -1.75. The fraction of sp³-hybridized carbons (Fsp3) is 0.400. The Balaban J connectivity index is 2.01. The zero-order valence-electron chi connectivity index (χ0n) is 10.9. The van der Waals surface area contributed by atoms with E-state index in [9.17, 15) is 18.0 Å². The lowest BCUT2D eigenvalue weighted by Gasteiger charge is -2.23. The van der Waals surface area contributed by atoms with Crippen LogP contribution in [0.1, 0.15) is 23.9 Å². The Morgan fingerprint density at radius 2 is 1.95 bits per heavy atom. The molecule has 0 bridgehead atoms. The van der Waals surface area contributed by atoms with E-state index in [0.29, 0.717) is 5.01 Å². The number of amides is 2. The molecule has 0 aliphatic carbocycles. The van der Waals surface area contributed by atoms with E-state index < -0.39 is 22.8 Å². The molecule has 2 rings (SSSR count). The number of aromatic nitrogens is 3. The summed E-state index contributed by atoms with van der Waals surface area (Å²) in [5.74, 6) is 0. The summed E-state index contributed by atoms with van der Waals surface area (Å²) in [5, 5.41) is 12.2. The first kappa shape index (κ1) is 15.6. The molecule has 0 saturated carbocycles. The predicted molar refractivity (Wildman–Crippen MR) is 72.2 cm³/mol. The van der Waals surface area contributed by atoms with Crippen molar-refractivity contribution in [2.24, 2.45) is 0 Å². The van der Waals surface area contributed by atoms with E-state index >= 15 is 0 Å². The van der Waals surface area contributed by atoms with Gasteiger partial charge in [0.1, 0.15) is 5.01 Å². The van der Waals surface area contributed by atoms with Gasteiger partial charge in [0, 0.05) is 11.6 Å². The Bertz CT molecular complexity index is 623. The Morgan fingerprint density at radius 1 is 1.24 bits per heavy atom. The van der Waals surface area contributed by atoms with Crippen LogP contribution in [0.2, 0.25) is 0 Å². The summed E-state index contributed by atoms with van der Waals surface area (Å²) in [4.78, 5) is 15.9. The average Bonchev–Trinajstić information content (AvgIpc) is 2.96. The van der Waals surface area contributed by atoms with E-state index in [1.54, 1.807) is 25.4 Å². The molecule has 0 aliphatic rings. The van der Waals surface area contributed by atoms with Crippen molar-refractivity contribution in [1.29, 1.82) is 0 Å². The topological polar surface area (TPSA) is 79.8 Å². The van der Waals surface area contributed by atoms with Crippen LogP contribution in [-0.4, -0.2) is 21.2 Å². The van der Waals surface area contributed by atoms with Crippen molar-refractivity contribution in [3.8, 4) is 0 Å². The largest absolute Gasteiger partial charge is 0.445 e. The number of urea groups is 1. The number of thiazole rings is 1. The molecule has 2 aromatic rings. The summed E-state index contributed by atoms with van der Waals surface area (Å²) in [6.07, 6.45) is -2.98. The van der Waals surface area contributed by atoms with E-state index in [-0.39, 0.29) is 16.5 Å². The molecule has 2 aromatic heterocycles. The predicted octanol–water partition coefficient (Wildman–Crippen LogP) is 3.07. The highest BCUT2D eigenvalue weighted by atomic mass is 32.1. The van der Waals surface area contributed by atoms with Gasteiger partial charge in [-0.2, -0.15) is 13.2 Å². The molecule has 2 N–H and O–H groups in total. The fourth-order valence-electron chi connectivity index (χ4n) is 1.39. The molecule has 0 unspecified atom stereocenters. The molecule has 2 amide bonds. The lowest BCUT2D eigenvalue weighted by Crippen LogP contribution is -2.43. The van der Waals surface area contributed by atoms with Crippen molar-refractivity contribution < 1.29 is 18.0 Å². The number of carbonyl (C=O) groups excluding carboxylic acids is 1.